The first-order chi connectivity index (χ1) is 16.5. The highest BCUT2D eigenvalue weighted by molar-refractivity contribution is 7.89. The van der Waals surface area contributed by atoms with Crippen LogP contribution >= 0.6 is 0 Å². The molecule has 0 unspecified atom stereocenters. The van der Waals surface area contributed by atoms with E-state index in [-0.39, 0.29) is 17.4 Å². The number of nitrogens with one attached hydrogen (secondary N) is 1. The van der Waals surface area contributed by atoms with Gasteiger partial charge in [0.25, 0.3) is 5.91 Å². The molecule has 1 aliphatic heterocycles. The van der Waals surface area contributed by atoms with E-state index in [0.29, 0.717) is 50.1 Å². The van der Waals surface area contributed by atoms with Crippen LogP contribution in [0.4, 0.5) is 5.69 Å². The van der Waals surface area contributed by atoms with Gasteiger partial charge in [-0.25, -0.2) is 8.42 Å². The molecule has 34 heavy (non-hydrogen) atoms. The van der Waals surface area contributed by atoms with Crippen molar-refractivity contribution in [1.82, 2.24) is 4.31 Å². The molecule has 8 nitrogen and oxygen atoms in total. The Morgan fingerprint density at radius 3 is 2.12 bits per heavy atom. The molecule has 3 aromatic carbocycles. The Bertz CT molecular complexity index is 1180. The first-order valence-corrected chi connectivity index (χ1v) is 12.3. The van der Waals surface area contributed by atoms with Crippen molar-refractivity contribution in [2.75, 3.05) is 38.2 Å². The van der Waals surface area contributed by atoms with Crippen LogP contribution in [-0.4, -0.2) is 51.5 Å². The molecular formula is C25H26N2O6S. The minimum atomic E-state index is -3.57. The van der Waals surface area contributed by atoms with Crippen molar-refractivity contribution in [2.24, 2.45) is 0 Å². The Morgan fingerprint density at radius 2 is 1.47 bits per heavy atom. The molecule has 3 aromatic rings. The van der Waals surface area contributed by atoms with E-state index in [9.17, 15) is 13.2 Å². The minimum Gasteiger partial charge on any atom is -0.489 e. The third kappa shape index (κ3) is 6.34. The monoisotopic (exact) mass is 482 g/mol. The number of amides is 1. The molecule has 1 fully saturated rings. The average Bonchev–Trinajstić information content (AvgIpc) is 2.88. The molecule has 0 radical (unpaired) electrons. The highest BCUT2D eigenvalue weighted by Gasteiger charge is 2.26. The lowest BCUT2D eigenvalue weighted by atomic mass is 10.2. The van der Waals surface area contributed by atoms with Crippen LogP contribution in [0.15, 0.2) is 83.8 Å². The van der Waals surface area contributed by atoms with Gasteiger partial charge < -0.3 is 19.5 Å². The standard InChI is InChI=1S/C25H26N2O6S/c28-25(19-33-23-10-8-22(9-11-23)32-18-20-4-2-1-3-5-20)26-21-6-12-24(13-7-21)34(29,30)27-14-16-31-17-15-27/h1-13H,14-19H2,(H,26,28). The second kappa shape index (κ2) is 11.1. The SMILES string of the molecule is O=C(COc1ccc(OCc2ccccc2)cc1)Nc1ccc(S(=O)(=O)N2CCOCC2)cc1. The van der Waals surface area contributed by atoms with E-state index in [4.69, 9.17) is 14.2 Å². The van der Waals surface area contributed by atoms with Crippen molar-refractivity contribution in [2.45, 2.75) is 11.5 Å². The predicted octanol–water partition coefficient (Wildman–Crippen LogP) is 3.30. The summed E-state index contributed by atoms with van der Waals surface area (Å²) in [5.41, 5.74) is 1.56. The first-order valence-electron chi connectivity index (χ1n) is 10.9. The van der Waals surface area contributed by atoms with Crippen molar-refractivity contribution >= 4 is 21.6 Å². The summed E-state index contributed by atoms with van der Waals surface area (Å²) in [5, 5.41) is 2.70. The van der Waals surface area contributed by atoms with Crippen molar-refractivity contribution < 1.29 is 27.4 Å². The number of nitrogens with zero attached hydrogens (tertiary/aromatic N) is 1. The van der Waals surface area contributed by atoms with Crippen molar-refractivity contribution in [3.63, 3.8) is 0 Å². The highest BCUT2D eigenvalue weighted by Crippen LogP contribution is 2.21. The maximum Gasteiger partial charge on any atom is 0.262 e. The van der Waals surface area contributed by atoms with Gasteiger partial charge in [-0.3, -0.25) is 4.79 Å². The number of carbonyl (C=O) groups is 1. The number of ether oxygens (including phenoxy) is 3. The van der Waals surface area contributed by atoms with E-state index in [0.717, 1.165) is 5.56 Å². The zero-order chi connectivity index (χ0) is 23.8. The lowest BCUT2D eigenvalue weighted by Gasteiger charge is -2.26. The fourth-order valence-electron chi connectivity index (χ4n) is 3.37. The summed E-state index contributed by atoms with van der Waals surface area (Å²) in [6.45, 7) is 1.72. The van der Waals surface area contributed by atoms with Crippen LogP contribution in [-0.2, 0) is 26.2 Å². The number of anilines is 1. The predicted molar refractivity (Wildman–Crippen MR) is 127 cm³/mol. The topological polar surface area (TPSA) is 94.2 Å². The van der Waals surface area contributed by atoms with Gasteiger partial charge in [0.15, 0.2) is 6.61 Å². The largest absolute Gasteiger partial charge is 0.489 e. The van der Waals surface area contributed by atoms with E-state index in [2.05, 4.69) is 5.32 Å². The molecule has 0 saturated carbocycles. The van der Waals surface area contributed by atoms with Gasteiger partial charge in [-0.05, 0) is 54.1 Å². The number of hydrogen-bond donors (Lipinski definition) is 1. The molecule has 0 atom stereocenters. The van der Waals surface area contributed by atoms with Gasteiger partial charge in [0, 0.05) is 18.8 Å². The molecule has 0 bridgehead atoms. The van der Waals surface area contributed by atoms with Crippen LogP contribution in [0.25, 0.3) is 0 Å². The van der Waals surface area contributed by atoms with Gasteiger partial charge in [0.1, 0.15) is 18.1 Å². The van der Waals surface area contributed by atoms with Gasteiger partial charge in [0.05, 0.1) is 18.1 Å². The smallest absolute Gasteiger partial charge is 0.262 e. The van der Waals surface area contributed by atoms with Crippen molar-refractivity contribution in [3.8, 4) is 11.5 Å². The Hall–Kier alpha value is -3.40. The Kier molecular flexibility index (Phi) is 7.79. The maximum atomic E-state index is 12.7. The summed E-state index contributed by atoms with van der Waals surface area (Å²) >= 11 is 0. The quantitative estimate of drug-likeness (QED) is 0.503. The zero-order valence-electron chi connectivity index (χ0n) is 18.6. The summed E-state index contributed by atoms with van der Waals surface area (Å²) < 4.78 is 43.2. The molecule has 1 aliphatic rings. The lowest BCUT2D eigenvalue weighted by molar-refractivity contribution is -0.118. The number of benzene rings is 3. The zero-order valence-corrected chi connectivity index (χ0v) is 19.4. The average molecular weight is 483 g/mol. The van der Waals surface area contributed by atoms with Crippen LogP contribution in [0, 0.1) is 0 Å². The van der Waals surface area contributed by atoms with Crippen LogP contribution in [0.1, 0.15) is 5.56 Å². The molecule has 1 heterocycles. The molecule has 0 spiro atoms. The molecule has 4 rings (SSSR count). The third-order valence-electron chi connectivity index (χ3n) is 5.19. The van der Waals surface area contributed by atoms with E-state index in [1.807, 2.05) is 30.3 Å². The van der Waals surface area contributed by atoms with Crippen molar-refractivity contribution in [3.05, 3.63) is 84.4 Å². The van der Waals surface area contributed by atoms with Gasteiger partial charge in [-0.1, -0.05) is 30.3 Å². The highest BCUT2D eigenvalue weighted by atomic mass is 32.2. The van der Waals surface area contributed by atoms with Gasteiger partial charge >= 0.3 is 0 Å². The summed E-state index contributed by atoms with van der Waals surface area (Å²) in [4.78, 5) is 12.4. The summed E-state index contributed by atoms with van der Waals surface area (Å²) in [6.07, 6.45) is 0. The summed E-state index contributed by atoms with van der Waals surface area (Å²) in [6, 6.07) is 23.0. The molecule has 178 valence electrons. The summed E-state index contributed by atoms with van der Waals surface area (Å²) in [7, 11) is -3.57. The second-order valence-electron chi connectivity index (χ2n) is 7.62. The number of hydrogen-bond acceptors (Lipinski definition) is 6. The maximum absolute atomic E-state index is 12.7. The normalized spacial score (nSPS) is 14.4. The number of morpholine rings is 1. The fraction of sp³-hybridized carbons (Fsp3) is 0.240. The Balaban J connectivity index is 1.24. The molecule has 1 N–H and O–H groups in total. The lowest BCUT2D eigenvalue weighted by Crippen LogP contribution is -2.40. The van der Waals surface area contributed by atoms with Crippen LogP contribution in [0.3, 0.4) is 0 Å². The Morgan fingerprint density at radius 1 is 0.853 bits per heavy atom. The van der Waals surface area contributed by atoms with E-state index < -0.39 is 10.0 Å². The van der Waals surface area contributed by atoms with Crippen LogP contribution < -0.4 is 14.8 Å². The fourth-order valence-corrected chi connectivity index (χ4v) is 4.77. The van der Waals surface area contributed by atoms with Crippen molar-refractivity contribution in [1.29, 1.82) is 0 Å². The number of carbonyl (C=O) groups excluding carboxylic acids is 1. The van der Waals surface area contributed by atoms with Crippen LogP contribution in [0.5, 0.6) is 11.5 Å². The molecule has 0 aliphatic carbocycles. The first kappa shape index (κ1) is 23.7. The van der Waals surface area contributed by atoms with Gasteiger partial charge in [-0.15, -0.1) is 0 Å². The van der Waals surface area contributed by atoms with Gasteiger partial charge in [0.2, 0.25) is 10.0 Å². The van der Waals surface area contributed by atoms with E-state index in [1.54, 1.807) is 36.4 Å². The molecule has 0 aromatic heterocycles. The molecule has 1 amide bonds. The minimum absolute atomic E-state index is 0.179. The Labute approximate surface area is 199 Å². The molecule has 1 saturated heterocycles. The van der Waals surface area contributed by atoms with Crippen LogP contribution in [0.2, 0.25) is 0 Å². The summed E-state index contributed by atoms with van der Waals surface area (Å²) in [5.74, 6) is 0.884. The number of sulfonamides is 1. The number of rotatable bonds is 9. The third-order valence-corrected chi connectivity index (χ3v) is 7.10. The van der Waals surface area contributed by atoms with E-state index >= 15 is 0 Å². The molecular weight excluding hydrogens is 456 g/mol. The van der Waals surface area contributed by atoms with Gasteiger partial charge in [-0.2, -0.15) is 4.31 Å². The van der Waals surface area contributed by atoms with E-state index in [1.165, 1.54) is 16.4 Å². The molecule has 9 heteroatoms. The second-order valence-corrected chi connectivity index (χ2v) is 9.56.